The van der Waals surface area contributed by atoms with Crippen molar-refractivity contribution in [3.63, 3.8) is 0 Å². The van der Waals surface area contributed by atoms with E-state index >= 15 is 0 Å². The molecule has 14 heteroatoms. The fourth-order valence-electron chi connectivity index (χ4n) is 3.58. The molecule has 1 aromatic carbocycles. The largest absolute Gasteiger partial charge is 0.444 e. The Balaban J connectivity index is 1.89. The summed E-state index contributed by atoms with van der Waals surface area (Å²) in [6.45, 7) is 15.0. The average Bonchev–Trinajstić information content (AvgIpc) is 3.32. The molecule has 1 unspecified atom stereocenters. The third-order valence-electron chi connectivity index (χ3n) is 5.17. The number of rotatable bonds is 6. The highest BCUT2D eigenvalue weighted by Crippen LogP contribution is 2.33. The molecule has 3 rings (SSSR count). The van der Waals surface area contributed by atoms with Gasteiger partial charge in [-0.25, -0.2) is 28.7 Å². The zero-order valence-electron chi connectivity index (χ0n) is 26.2. The Kier molecular flexibility index (Phi) is 10.4. The summed E-state index contributed by atoms with van der Waals surface area (Å²) in [6, 6.07) is 8.34. The topological polar surface area (TPSA) is 146 Å². The fraction of sp³-hybridized carbons (Fsp3) is 0.467. The number of carbonyl (C=O) groups is 3. The molecule has 1 atom stereocenters. The molecule has 44 heavy (non-hydrogen) atoms. The van der Waals surface area contributed by atoms with E-state index in [-0.39, 0.29) is 23.7 Å². The molecule has 238 valence electrons. The second-order valence-electron chi connectivity index (χ2n) is 12.8. The van der Waals surface area contributed by atoms with Crippen molar-refractivity contribution in [1.29, 1.82) is 0 Å². The maximum absolute atomic E-state index is 14.4. The number of nitrogens with one attached hydrogen (secondary N) is 1. The minimum Gasteiger partial charge on any atom is -0.444 e. The quantitative estimate of drug-likeness (QED) is 0.204. The molecule has 0 radical (unpaired) electrons. The van der Waals surface area contributed by atoms with Crippen molar-refractivity contribution >= 4 is 40.0 Å². The van der Waals surface area contributed by atoms with Gasteiger partial charge in [0, 0.05) is 18.1 Å². The molecule has 0 aliphatic carbocycles. The monoisotopic (exact) mass is 677 g/mol. The van der Waals surface area contributed by atoms with Crippen LogP contribution >= 0.6 is 15.9 Å². The Labute approximate surface area is 263 Å². The number of nitrogens with zero attached hydrogens (tertiary/aromatic N) is 4. The molecule has 0 bridgehead atoms. The SMILES string of the molecule is CC(C)(C)OC(=O)NC(F)Cc1ccc(-c2cc(-c3nc(Br)cnc3N(C(=O)OC(C)(C)C)C(=O)OC(C)(C)C)on2)cc1. The molecule has 2 aromatic heterocycles. The van der Waals surface area contributed by atoms with Gasteiger partial charge < -0.3 is 18.7 Å². The van der Waals surface area contributed by atoms with E-state index in [2.05, 4.69) is 36.4 Å². The Bertz CT molecular complexity index is 1460. The average molecular weight is 679 g/mol. The summed E-state index contributed by atoms with van der Waals surface area (Å²) in [7, 11) is 0. The lowest BCUT2D eigenvalue weighted by atomic mass is 10.1. The molecule has 0 aliphatic heterocycles. The predicted molar refractivity (Wildman–Crippen MR) is 164 cm³/mol. The summed E-state index contributed by atoms with van der Waals surface area (Å²) in [6.07, 6.45) is -3.30. The van der Waals surface area contributed by atoms with Crippen LogP contribution < -0.4 is 10.2 Å². The van der Waals surface area contributed by atoms with Gasteiger partial charge in [0.25, 0.3) is 0 Å². The second-order valence-corrected chi connectivity index (χ2v) is 13.6. The highest BCUT2D eigenvalue weighted by atomic mass is 79.9. The minimum atomic E-state index is -1.65. The first-order valence-corrected chi connectivity index (χ1v) is 14.5. The zero-order valence-corrected chi connectivity index (χ0v) is 27.7. The maximum atomic E-state index is 14.4. The van der Waals surface area contributed by atoms with Crippen LogP contribution in [0.4, 0.5) is 24.6 Å². The highest BCUT2D eigenvalue weighted by Gasteiger charge is 2.36. The minimum absolute atomic E-state index is 0.0138. The van der Waals surface area contributed by atoms with Crippen LogP contribution in [-0.2, 0) is 20.6 Å². The number of aromatic nitrogens is 3. The van der Waals surface area contributed by atoms with Crippen LogP contribution in [0.2, 0.25) is 0 Å². The standard InChI is InChI=1S/C30H37BrFN5O7/c1-28(2,3)41-25(38)35-22(32)14-17-10-12-18(13-11-17)19-15-20(44-36-19)23-24(33-16-21(31)34-23)37(26(39)42-29(4,5)6)27(40)43-30(7,8)9/h10-13,15-16,22H,14H2,1-9H3,(H,35,38). The van der Waals surface area contributed by atoms with Gasteiger partial charge >= 0.3 is 18.3 Å². The van der Waals surface area contributed by atoms with Gasteiger partial charge in [-0.15, -0.1) is 0 Å². The first kappa shape index (κ1) is 34.4. The van der Waals surface area contributed by atoms with Crippen molar-refractivity contribution in [3.05, 3.63) is 46.7 Å². The van der Waals surface area contributed by atoms with Crippen molar-refractivity contribution in [2.75, 3.05) is 4.90 Å². The molecular formula is C30H37BrFN5O7. The third-order valence-corrected chi connectivity index (χ3v) is 5.55. The van der Waals surface area contributed by atoms with Gasteiger partial charge in [0.1, 0.15) is 27.1 Å². The molecule has 12 nitrogen and oxygen atoms in total. The molecule has 3 aromatic rings. The number of amides is 3. The molecule has 0 fully saturated rings. The van der Waals surface area contributed by atoms with Gasteiger partial charge in [0.2, 0.25) is 0 Å². The molecule has 3 amide bonds. The Morgan fingerprint density at radius 3 is 2.00 bits per heavy atom. The number of benzene rings is 1. The molecule has 1 N–H and O–H groups in total. The Morgan fingerprint density at radius 1 is 0.932 bits per heavy atom. The van der Waals surface area contributed by atoms with Crippen molar-refractivity contribution in [2.24, 2.45) is 0 Å². The smallest absolute Gasteiger partial charge is 0.425 e. The van der Waals surface area contributed by atoms with E-state index in [1.807, 2.05) is 0 Å². The number of hydrogen-bond acceptors (Lipinski definition) is 10. The van der Waals surface area contributed by atoms with Crippen molar-refractivity contribution in [3.8, 4) is 22.7 Å². The summed E-state index contributed by atoms with van der Waals surface area (Å²) in [5.74, 6) is -0.100. The number of alkyl carbamates (subject to hydrolysis) is 1. The van der Waals surface area contributed by atoms with Gasteiger partial charge in [-0.3, -0.25) is 5.32 Å². The van der Waals surface area contributed by atoms with Crippen LogP contribution in [0.5, 0.6) is 0 Å². The van der Waals surface area contributed by atoms with Crippen LogP contribution in [0, 0.1) is 0 Å². The van der Waals surface area contributed by atoms with E-state index in [4.69, 9.17) is 18.7 Å². The number of anilines is 1. The summed E-state index contributed by atoms with van der Waals surface area (Å²) in [5, 5.41) is 6.28. The molecule has 0 saturated carbocycles. The van der Waals surface area contributed by atoms with Gasteiger partial charge in [0.05, 0.1) is 6.20 Å². The van der Waals surface area contributed by atoms with Crippen molar-refractivity contribution < 1.29 is 37.5 Å². The van der Waals surface area contributed by atoms with E-state index in [0.717, 1.165) is 0 Å². The summed E-state index contributed by atoms with van der Waals surface area (Å²) >= 11 is 3.27. The van der Waals surface area contributed by atoms with Gasteiger partial charge in [-0.1, -0.05) is 29.4 Å². The maximum Gasteiger partial charge on any atom is 0.425 e. The van der Waals surface area contributed by atoms with Crippen LogP contribution in [-0.4, -0.2) is 56.5 Å². The number of imide groups is 1. The summed E-state index contributed by atoms with van der Waals surface area (Å²) in [4.78, 5) is 47.6. The van der Waals surface area contributed by atoms with E-state index in [1.165, 1.54) is 6.20 Å². The summed E-state index contributed by atoms with van der Waals surface area (Å²) < 4.78 is 36.3. The van der Waals surface area contributed by atoms with Crippen LogP contribution in [0.3, 0.4) is 0 Å². The Morgan fingerprint density at radius 2 is 1.48 bits per heavy atom. The van der Waals surface area contributed by atoms with Gasteiger partial charge in [0.15, 0.2) is 23.6 Å². The van der Waals surface area contributed by atoms with E-state index in [9.17, 15) is 18.8 Å². The first-order valence-electron chi connectivity index (χ1n) is 13.7. The number of halogens is 2. The lowest BCUT2D eigenvalue weighted by molar-refractivity contribution is 0.0420. The lowest BCUT2D eigenvalue weighted by Crippen LogP contribution is -2.44. The molecule has 0 aliphatic rings. The van der Waals surface area contributed by atoms with E-state index in [0.29, 0.717) is 26.3 Å². The second kappa shape index (κ2) is 13.3. The predicted octanol–water partition coefficient (Wildman–Crippen LogP) is 7.60. The van der Waals surface area contributed by atoms with Crippen LogP contribution in [0.1, 0.15) is 67.9 Å². The van der Waals surface area contributed by atoms with E-state index in [1.54, 1.807) is 92.6 Å². The highest BCUT2D eigenvalue weighted by molar-refractivity contribution is 9.10. The van der Waals surface area contributed by atoms with Crippen molar-refractivity contribution in [2.45, 2.75) is 91.8 Å². The normalized spacial score (nSPS) is 12.7. The van der Waals surface area contributed by atoms with Crippen molar-refractivity contribution in [1.82, 2.24) is 20.4 Å². The first-order chi connectivity index (χ1) is 20.2. The number of hydrogen-bond donors (Lipinski definition) is 1. The van der Waals surface area contributed by atoms with Crippen LogP contribution in [0.25, 0.3) is 22.7 Å². The van der Waals surface area contributed by atoms with Crippen LogP contribution in [0.15, 0.2) is 45.7 Å². The Hall–Kier alpha value is -4.07. The summed E-state index contributed by atoms with van der Waals surface area (Å²) in [5.41, 5.74) is -0.955. The number of alkyl halides is 1. The van der Waals surface area contributed by atoms with E-state index < -0.39 is 41.4 Å². The molecular weight excluding hydrogens is 641 g/mol. The van der Waals surface area contributed by atoms with Gasteiger partial charge in [-0.05, 0) is 83.8 Å². The molecule has 0 saturated heterocycles. The lowest BCUT2D eigenvalue weighted by Gasteiger charge is -2.28. The molecule has 0 spiro atoms. The number of ether oxygens (including phenoxy) is 3. The molecule has 2 heterocycles. The fourth-order valence-corrected chi connectivity index (χ4v) is 3.86. The zero-order chi connectivity index (χ0) is 33.0. The van der Waals surface area contributed by atoms with Gasteiger partial charge in [-0.2, -0.15) is 4.90 Å². The third kappa shape index (κ3) is 10.3. The number of carbonyl (C=O) groups excluding carboxylic acids is 3.